The number of benzene rings is 1. The second-order valence-corrected chi connectivity index (χ2v) is 4.70. The maximum absolute atomic E-state index is 11.6. The van der Waals surface area contributed by atoms with Gasteiger partial charge in [-0.3, -0.25) is 0 Å². The molecule has 0 heterocycles. The van der Waals surface area contributed by atoms with Gasteiger partial charge in [0, 0.05) is 4.47 Å². The minimum absolute atomic E-state index is 0.0798. The van der Waals surface area contributed by atoms with Crippen LogP contribution < -0.4 is 9.47 Å². The normalized spacial score (nSPS) is 10.7. The van der Waals surface area contributed by atoms with Gasteiger partial charge in [-0.1, -0.05) is 15.9 Å². The van der Waals surface area contributed by atoms with Crippen molar-refractivity contribution in [1.29, 1.82) is 5.26 Å². The van der Waals surface area contributed by atoms with E-state index in [2.05, 4.69) is 15.9 Å². The highest BCUT2D eigenvalue weighted by Crippen LogP contribution is 2.34. The van der Waals surface area contributed by atoms with E-state index < -0.39 is 5.97 Å². The van der Waals surface area contributed by atoms with Gasteiger partial charge in [-0.2, -0.15) is 5.26 Å². The first-order valence-electron chi connectivity index (χ1n) is 6.36. The highest BCUT2D eigenvalue weighted by atomic mass is 79.9. The molecular formula is C15H16BrNO4. The molecule has 0 bridgehead atoms. The SMILES string of the molecule is CCOC(=O)/C(C#N)=C/c1cc(OC)c(OCC)cc1Br. The van der Waals surface area contributed by atoms with Gasteiger partial charge in [0.2, 0.25) is 0 Å². The lowest BCUT2D eigenvalue weighted by molar-refractivity contribution is -0.137. The Balaban J connectivity index is 3.24. The highest BCUT2D eigenvalue weighted by molar-refractivity contribution is 9.10. The number of carbonyl (C=O) groups excluding carboxylic acids is 1. The summed E-state index contributed by atoms with van der Waals surface area (Å²) in [7, 11) is 1.52. The molecule has 0 radical (unpaired) electrons. The van der Waals surface area contributed by atoms with E-state index in [0.717, 1.165) is 0 Å². The van der Waals surface area contributed by atoms with Gasteiger partial charge < -0.3 is 14.2 Å². The summed E-state index contributed by atoms with van der Waals surface area (Å²) in [5, 5.41) is 9.05. The van der Waals surface area contributed by atoms with Gasteiger partial charge in [-0.15, -0.1) is 0 Å². The Morgan fingerprint density at radius 2 is 2.05 bits per heavy atom. The van der Waals surface area contributed by atoms with Gasteiger partial charge in [-0.25, -0.2) is 4.79 Å². The predicted molar refractivity (Wildman–Crippen MR) is 82.1 cm³/mol. The van der Waals surface area contributed by atoms with Crippen molar-refractivity contribution >= 4 is 28.0 Å². The lowest BCUT2D eigenvalue weighted by Crippen LogP contribution is -2.06. The molecule has 0 unspecified atom stereocenters. The fourth-order valence-electron chi connectivity index (χ4n) is 1.59. The van der Waals surface area contributed by atoms with E-state index in [9.17, 15) is 4.79 Å². The summed E-state index contributed by atoms with van der Waals surface area (Å²) in [6, 6.07) is 5.25. The van der Waals surface area contributed by atoms with Crippen molar-refractivity contribution in [3.8, 4) is 17.6 Å². The Labute approximate surface area is 132 Å². The van der Waals surface area contributed by atoms with Crippen molar-refractivity contribution < 1.29 is 19.0 Å². The summed E-state index contributed by atoms with van der Waals surface area (Å²) in [4.78, 5) is 11.6. The number of hydrogen-bond acceptors (Lipinski definition) is 5. The monoisotopic (exact) mass is 353 g/mol. The van der Waals surface area contributed by atoms with Crippen LogP contribution in [-0.2, 0) is 9.53 Å². The molecule has 112 valence electrons. The van der Waals surface area contributed by atoms with Crippen LogP contribution in [0.1, 0.15) is 19.4 Å². The third-order valence-electron chi connectivity index (χ3n) is 2.50. The average molecular weight is 354 g/mol. The number of methoxy groups -OCH3 is 1. The van der Waals surface area contributed by atoms with Crippen LogP contribution in [0.15, 0.2) is 22.2 Å². The van der Waals surface area contributed by atoms with Gasteiger partial charge in [0.1, 0.15) is 11.6 Å². The number of carbonyl (C=O) groups is 1. The molecule has 0 saturated carbocycles. The van der Waals surface area contributed by atoms with Crippen LogP contribution in [0.5, 0.6) is 11.5 Å². The van der Waals surface area contributed by atoms with Crippen LogP contribution in [0.25, 0.3) is 6.08 Å². The molecule has 0 aliphatic rings. The molecule has 5 nitrogen and oxygen atoms in total. The van der Waals surface area contributed by atoms with Crippen LogP contribution in [0, 0.1) is 11.3 Å². The summed E-state index contributed by atoms with van der Waals surface area (Å²) in [5.74, 6) is 0.450. The Morgan fingerprint density at radius 1 is 1.33 bits per heavy atom. The highest BCUT2D eigenvalue weighted by Gasteiger charge is 2.13. The van der Waals surface area contributed by atoms with Crippen LogP contribution in [-0.4, -0.2) is 26.3 Å². The van der Waals surface area contributed by atoms with Crippen molar-refractivity contribution in [3.63, 3.8) is 0 Å². The number of rotatable bonds is 6. The third kappa shape index (κ3) is 4.50. The van der Waals surface area contributed by atoms with Gasteiger partial charge in [0.25, 0.3) is 0 Å². The first kappa shape index (κ1) is 17.1. The smallest absolute Gasteiger partial charge is 0.348 e. The van der Waals surface area contributed by atoms with Crippen LogP contribution in [0.2, 0.25) is 0 Å². The largest absolute Gasteiger partial charge is 0.493 e. The maximum Gasteiger partial charge on any atom is 0.348 e. The summed E-state index contributed by atoms with van der Waals surface area (Å²) in [6.45, 7) is 4.27. The van der Waals surface area contributed by atoms with E-state index in [1.807, 2.05) is 13.0 Å². The molecule has 0 atom stereocenters. The van der Waals surface area contributed by atoms with Crippen molar-refractivity contribution in [2.45, 2.75) is 13.8 Å². The van der Waals surface area contributed by atoms with Crippen molar-refractivity contribution in [1.82, 2.24) is 0 Å². The van der Waals surface area contributed by atoms with E-state index >= 15 is 0 Å². The van der Waals surface area contributed by atoms with Gasteiger partial charge in [-0.05, 0) is 37.6 Å². The Morgan fingerprint density at radius 3 is 2.57 bits per heavy atom. The zero-order valence-electron chi connectivity index (χ0n) is 12.1. The number of nitriles is 1. The number of esters is 1. The molecule has 0 aromatic heterocycles. The standard InChI is InChI=1S/C15H16BrNO4/c1-4-20-14-8-12(16)10(7-13(14)19-3)6-11(9-17)15(18)21-5-2/h6-8H,4-5H2,1-3H3/b11-6+. The first-order chi connectivity index (χ1) is 10.1. The summed E-state index contributed by atoms with van der Waals surface area (Å²) < 4.78 is 16.2. The third-order valence-corrected chi connectivity index (χ3v) is 3.19. The molecule has 1 aromatic rings. The number of halogens is 1. The topological polar surface area (TPSA) is 68.6 Å². The molecule has 1 aromatic carbocycles. The Bertz CT molecular complexity index is 590. The van der Waals surface area contributed by atoms with E-state index in [0.29, 0.717) is 28.1 Å². The second kappa shape index (κ2) is 8.32. The summed E-state index contributed by atoms with van der Waals surface area (Å²) >= 11 is 3.38. The van der Waals surface area contributed by atoms with Gasteiger partial charge in [0.15, 0.2) is 11.5 Å². The molecule has 6 heteroatoms. The minimum atomic E-state index is -0.653. The average Bonchev–Trinajstić information content (AvgIpc) is 2.47. The fourth-order valence-corrected chi connectivity index (χ4v) is 2.03. The molecule has 0 spiro atoms. The molecule has 21 heavy (non-hydrogen) atoms. The molecule has 1 rings (SSSR count). The molecule has 0 fully saturated rings. The van der Waals surface area contributed by atoms with Gasteiger partial charge in [0.05, 0.1) is 20.3 Å². The molecule has 0 N–H and O–H groups in total. The van der Waals surface area contributed by atoms with E-state index in [-0.39, 0.29) is 12.2 Å². The maximum atomic E-state index is 11.6. The van der Waals surface area contributed by atoms with E-state index in [1.54, 1.807) is 19.1 Å². The first-order valence-corrected chi connectivity index (χ1v) is 7.15. The molecule has 0 saturated heterocycles. The van der Waals surface area contributed by atoms with Crippen LogP contribution in [0.3, 0.4) is 0 Å². The Hall–Kier alpha value is -2.00. The predicted octanol–water partition coefficient (Wildman–Crippen LogP) is 3.33. The Kier molecular flexibility index (Phi) is 6.76. The van der Waals surface area contributed by atoms with E-state index in [4.69, 9.17) is 19.5 Å². The van der Waals surface area contributed by atoms with Crippen molar-refractivity contribution in [2.75, 3.05) is 20.3 Å². The quantitative estimate of drug-likeness (QED) is 0.445. The molecule has 0 aliphatic heterocycles. The number of ether oxygens (including phenoxy) is 3. The van der Waals surface area contributed by atoms with Crippen LogP contribution >= 0.6 is 15.9 Å². The molecule has 0 amide bonds. The molecule has 0 aliphatic carbocycles. The van der Waals surface area contributed by atoms with Gasteiger partial charge >= 0.3 is 5.97 Å². The fraction of sp³-hybridized carbons (Fsp3) is 0.333. The van der Waals surface area contributed by atoms with E-state index in [1.165, 1.54) is 13.2 Å². The number of nitrogens with zero attached hydrogens (tertiary/aromatic N) is 1. The molecular weight excluding hydrogens is 338 g/mol. The van der Waals surface area contributed by atoms with Crippen molar-refractivity contribution in [2.24, 2.45) is 0 Å². The minimum Gasteiger partial charge on any atom is -0.493 e. The lowest BCUT2D eigenvalue weighted by atomic mass is 10.1. The zero-order valence-corrected chi connectivity index (χ0v) is 13.7. The lowest BCUT2D eigenvalue weighted by Gasteiger charge is -2.11. The zero-order chi connectivity index (χ0) is 15.8. The summed E-state index contributed by atoms with van der Waals surface area (Å²) in [6.07, 6.45) is 1.44. The van der Waals surface area contributed by atoms with Crippen LogP contribution in [0.4, 0.5) is 0 Å². The van der Waals surface area contributed by atoms with Crippen molar-refractivity contribution in [3.05, 3.63) is 27.7 Å². The number of hydrogen-bond donors (Lipinski definition) is 0. The summed E-state index contributed by atoms with van der Waals surface area (Å²) in [5.41, 5.74) is 0.545. The second-order valence-electron chi connectivity index (χ2n) is 3.85.